The van der Waals surface area contributed by atoms with E-state index in [4.69, 9.17) is 4.74 Å². The van der Waals surface area contributed by atoms with Gasteiger partial charge < -0.3 is 20.3 Å². The second-order valence-corrected chi connectivity index (χ2v) is 26.0. The maximum Gasteiger partial charge on any atom is 0.305 e. The predicted octanol–water partition coefficient (Wildman–Crippen LogP) is 24.3. The number of ether oxygens (including phenoxy) is 1. The summed E-state index contributed by atoms with van der Waals surface area (Å²) in [4.78, 5) is 24.7. The molecule has 0 aromatic heterocycles. The van der Waals surface area contributed by atoms with Gasteiger partial charge in [-0.3, -0.25) is 9.59 Å². The third-order valence-electron chi connectivity index (χ3n) is 17.8. The number of unbranched alkanes of at least 4 members (excludes halogenated alkanes) is 58. The van der Waals surface area contributed by atoms with Crippen LogP contribution in [0.3, 0.4) is 0 Å². The standard InChI is InChI=1S/C75H147NO5/c1-3-5-7-9-11-13-15-17-19-21-22-23-24-25-27-30-33-36-39-43-47-51-55-59-63-67-73(78)72(71-77)76-74(79)68-64-60-56-52-48-44-40-37-34-31-28-26-29-32-35-38-42-46-50-54-58-62-66-70-81-75(80)69-65-61-57-53-49-45-41-20-18-16-14-12-10-8-6-4-2/h31,34,72-73,77-78H,3-30,32-33,35-71H2,1-2H3,(H,76,79)/b34-31-. The number of aliphatic hydroxyl groups excluding tert-OH is 2. The molecule has 0 spiro atoms. The van der Waals surface area contributed by atoms with E-state index in [0.717, 1.165) is 38.5 Å². The number of esters is 1. The van der Waals surface area contributed by atoms with E-state index in [1.165, 1.54) is 360 Å². The third kappa shape index (κ3) is 67.6. The molecule has 3 N–H and O–H groups in total. The highest BCUT2D eigenvalue weighted by Crippen LogP contribution is 2.20. The first-order valence-corrected chi connectivity index (χ1v) is 37.4. The highest BCUT2D eigenvalue weighted by atomic mass is 16.5. The topological polar surface area (TPSA) is 95.9 Å². The van der Waals surface area contributed by atoms with E-state index >= 15 is 0 Å². The molecular weight excluding hydrogens is 995 g/mol. The van der Waals surface area contributed by atoms with Gasteiger partial charge >= 0.3 is 5.97 Å². The minimum Gasteiger partial charge on any atom is -0.466 e. The molecule has 0 heterocycles. The highest BCUT2D eigenvalue weighted by Gasteiger charge is 2.20. The summed E-state index contributed by atoms with van der Waals surface area (Å²) >= 11 is 0. The summed E-state index contributed by atoms with van der Waals surface area (Å²) in [5.41, 5.74) is 0. The second-order valence-electron chi connectivity index (χ2n) is 26.0. The zero-order valence-corrected chi connectivity index (χ0v) is 55.3. The zero-order valence-electron chi connectivity index (χ0n) is 55.3. The van der Waals surface area contributed by atoms with E-state index in [2.05, 4.69) is 31.3 Å². The molecule has 0 aliphatic carbocycles. The van der Waals surface area contributed by atoms with Crippen LogP contribution in [0.5, 0.6) is 0 Å². The van der Waals surface area contributed by atoms with E-state index in [-0.39, 0.29) is 18.5 Å². The van der Waals surface area contributed by atoms with Crippen molar-refractivity contribution in [1.29, 1.82) is 0 Å². The Balaban J connectivity index is 3.39. The van der Waals surface area contributed by atoms with Gasteiger partial charge in [0.1, 0.15) is 0 Å². The van der Waals surface area contributed by atoms with Crippen molar-refractivity contribution in [3.05, 3.63) is 12.2 Å². The van der Waals surface area contributed by atoms with Gasteiger partial charge in [0.05, 0.1) is 25.4 Å². The van der Waals surface area contributed by atoms with Gasteiger partial charge in [0.25, 0.3) is 0 Å². The summed E-state index contributed by atoms with van der Waals surface area (Å²) < 4.78 is 5.50. The molecule has 0 aliphatic heterocycles. The van der Waals surface area contributed by atoms with Gasteiger partial charge in [-0.25, -0.2) is 0 Å². The number of rotatable bonds is 71. The van der Waals surface area contributed by atoms with Crippen molar-refractivity contribution in [2.24, 2.45) is 0 Å². The van der Waals surface area contributed by atoms with Crippen LogP contribution in [-0.2, 0) is 14.3 Å². The van der Waals surface area contributed by atoms with Crippen LogP contribution in [0.2, 0.25) is 0 Å². The molecule has 2 atom stereocenters. The predicted molar refractivity (Wildman–Crippen MR) is 357 cm³/mol. The molecule has 2 unspecified atom stereocenters. The molecule has 0 saturated carbocycles. The quantitative estimate of drug-likeness (QED) is 0.0320. The Bertz CT molecular complexity index is 1220. The van der Waals surface area contributed by atoms with Gasteiger partial charge in [0.15, 0.2) is 0 Å². The van der Waals surface area contributed by atoms with E-state index in [0.29, 0.717) is 25.9 Å². The van der Waals surface area contributed by atoms with Crippen molar-refractivity contribution in [3.8, 4) is 0 Å². The fourth-order valence-corrected chi connectivity index (χ4v) is 12.1. The first-order chi connectivity index (χ1) is 40.0. The maximum absolute atomic E-state index is 12.6. The molecule has 0 fully saturated rings. The van der Waals surface area contributed by atoms with Gasteiger partial charge in [-0.05, 0) is 51.4 Å². The van der Waals surface area contributed by atoms with Gasteiger partial charge in [0, 0.05) is 12.8 Å². The number of carbonyl (C=O) groups excluding carboxylic acids is 2. The average molecular weight is 1140 g/mol. The number of allylic oxidation sites excluding steroid dienone is 2. The molecule has 81 heavy (non-hydrogen) atoms. The van der Waals surface area contributed by atoms with Crippen LogP contribution in [0.25, 0.3) is 0 Å². The number of hydrogen-bond acceptors (Lipinski definition) is 5. The molecule has 0 rings (SSSR count). The summed E-state index contributed by atoms with van der Waals surface area (Å²) in [6.07, 6.45) is 88.4. The van der Waals surface area contributed by atoms with Crippen molar-refractivity contribution in [1.82, 2.24) is 5.32 Å². The number of amides is 1. The van der Waals surface area contributed by atoms with Crippen molar-refractivity contribution in [2.45, 2.75) is 443 Å². The molecule has 0 saturated heterocycles. The molecule has 0 radical (unpaired) electrons. The smallest absolute Gasteiger partial charge is 0.305 e. The van der Waals surface area contributed by atoms with Crippen molar-refractivity contribution < 1.29 is 24.5 Å². The summed E-state index contributed by atoms with van der Waals surface area (Å²) in [5, 5.41) is 23.5. The van der Waals surface area contributed by atoms with Crippen LogP contribution < -0.4 is 5.32 Å². The van der Waals surface area contributed by atoms with Crippen LogP contribution in [-0.4, -0.2) is 47.4 Å². The van der Waals surface area contributed by atoms with E-state index < -0.39 is 12.1 Å². The highest BCUT2D eigenvalue weighted by molar-refractivity contribution is 5.76. The van der Waals surface area contributed by atoms with E-state index in [9.17, 15) is 19.8 Å². The first-order valence-electron chi connectivity index (χ1n) is 37.4. The Kier molecular flexibility index (Phi) is 69.9. The van der Waals surface area contributed by atoms with E-state index in [1.807, 2.05) is 0 Å². The lowest BCUT2D eigenvalue weighted by atomic mass is 10.0. The Morgan fingerprint density at radius 1 is 0.333 bits per heavy atom. The monoisotopic (exact) mass is 1140 g/mol. The molecule has 0 aliphatic rings. The minimum absolute atomic E-state index is 0.0164. The lowest BCUT2D eigenvalue weighted by Crippen LogP contribution is -2.45. The molecule has 0 aromatic carbocycles. The van der Waals surface area contributed by atoms with Gasteiger partial charge in [0.2, 0.25) is 5.91 Å². The largest absolute Gasteiger partial charge is 0.466 e. The Hall–Kier alpha value is -1.40. The SMILES string of the molecule is CCCCCCCCCCCCCCCCCCCCCCCCCCCC(O)C(CO)NC(=O)CCCCCCCCC/C=C\CCCCCCCCCCCCCCOC(=O)CCCCCCCCCCCCCCCCCC. The van der Waals surface area contributed by atoms with Crippen LogP contribution in [0.1, 0.15) is 431 Å². The number of nitrogens with one attached hydrogen (secondary N) is 1. The fourth-order valence-electron chi connectivity index (χ4n) is 12.1. The third-order valence-corrected chi connectivity index (χ3v) is 17.8. The lowest BCUT2D eigenvalue weighted by Gasteiger charge is -2.22. The van der Waals surface area contributed by atoms with Crippen molar-refractivity contribution >= 4 is 11.9 Å². The Morgan fingerprint density at radius 2 is 0.580 bits per heavy atom. The van der Waals surface area contributed by atoms with Crippen molar-refractivity contribution in [2.75, 3.05) is 13.2 Å². The first kappa shape index (κ1) is 79.6. The summed E-state index contributed by atoms with van der Waals surface area (Å²) in [6.45, 7) is 5.00. The van der Waals surface area contributed by atoms with Gasteiger partial charge in [-0.2, -0.15) is 0 Å². The Morgan fingerprint density at radius 3 is 0.877 bits per heavy atom. The molecule has 0 aromatic rings. The van der Waals surface area contributed by atoms with Crippen LogP contribution in [0, 0.1) is 0 Å². The Labute approximate surface area is 508 Å². The molecule has 6 nitrogen and oxygen atoms in total. The van der Waals surface area contributed by atoms with Crippen LogP contribution >= 0.6 is 0 Å². The number of carbonyl (C=O) groups is 2. The van der Waals surface area contributed by atoms with Crippen molar-refractivity contribution in [3.63, 3.8) is 0 Å². The van der Waals surface area contributed by atoms with Crippen LogP contribution in [0.4, 0.5) is 0 Å². The molecule has 6 heteroatoms. The lowest BCUT2D eigenvalue weighted by molar-refractivity contribution is -0.143. The van der Waals surface area contributed by atoms with Crippen LogP contribution in [0.15, 0.2) is 12.2 Å². The fraction of sp³-hybridized carbons (Fsp3) is 0.947. The normalized spacial score (nSPS) is 12.5. The van der Waals surface area contributed by atoms with E-state index in [1.54, 1.807) is 0 Å². The summed E-state index contributed by atoms with van der Waals surface area (Å²) in [7, 11) is 0. The molecule has 1 amide bonds. The van der Waals surface area contributed by atoms with Gasteiger partial charge in [-0.15, -0.1) is 0 Å². The molecule has 482 valence electrons. The number of aliphatic hydroxyl groups is 2. The maximum atomic E-state index is 12.6. The zero-order chi connectivity index (χ0) is 58.5. The second kappa shape index (κ2) is 71.1. The summed E-state index contributed by atoms with van der Waals surface area (Å²) in [5.74, 6) is -0.0191. The molecular formula is C75H147NO5. The average Bonchev–Trinajstić information content (AvgIpc) is 3.47. The minimum atomic E-state index is -0.669. The van der Waals surface area contributed by atoms with Gasteiger partial charge in [-0.1, -0.05) is 379 Å². The summed E-state index contributed by atoms with van der Waals surface area (Å²) in [6, 6.07) is -0.547. The number of hydrogen-bond donors (Lipinski definition) is 3. The molecule has 0 bridgehead atoms.